The Morgan fingerprint density at radius 1 is 1.31 bits per heavy atom. The van der Waals surface area contributed by atoms with E-state index in [0.717, 1.165) is 16.4 Å². The van der Waals surface area contributed by atoms with Crippen LogP contribution in [0.4, 0.5) is 11.4 Å². The van der Waals surface area contributed by atoms with Gasteiger partial charge in [-0.25, -0.2) is 0 Å². The number of rotatable bonds is 1. The molecule has 1 aromatic heterocycles. The molecule has 13 heavy (non-hydrogen) atoms. The summed E-state index contributed by atoms with van der Waals surface area (Å²) < 4.78 is 0.994. The van der Waals surface area contributed by atoms with Gasteiger partial charge < -0.3 is 11.5 Å². The molecule has 0 unspecified atom stereocenters. The van der Waals surface area contributed by atoms with Crippen LogP contribution >= 0.6 is 11.3 Å². The maximum atomic E-state index is 10.5. The number of aldehydes is 1. The van der Waals surface area contributed by atoms with Crippen LogP contribution in [0, 0.1) is 0 Å². The largest absolute Gasteiger partial charge is 0.397 e. The molecule has 4 heteroatoms. The molecule has 0 spiro atoms. The first kappa shape index (κ1) is 8.07. The van der Waals surface area contributed by atoms with E-state index in [4.69, 9.17) is 11.5 Å². The molecule has 0 bridgehead atoms. The second-order valence-corrected chi connectivity index (χ2v) is 3.86. The number of benzene rings is 1. The molecule has 0 saturated heterocycles. The van der Waals surface area contributed by atoms with E-state index < -0.39 is 0 Å². The number of nitrogen functional groups attached to an aromatic ring is 2. The Morgan fingerprint density at radius 2 is 2.08 bits per heavy atom. The van der Waals surface area contributed by atoms with Gasteiger partial charge in [0.1, 0.15) is 0 Å². The fraction of sp³-hybridized carbons (Fsp3) is 0. The highest BCUT2D eigenvalue weighted by Gasteiger charge is 2.05. The van der Waals surface area contributed by atoms with Crippen molar-refractivity contribution in [3.8, 4) is 0 Å². The van der Waals surface area contributed by atoms with Gasteiger partial charge in [0.05, 0.1) is 16.3 Å². The molecule has 0 aliphatic heterocycles. The van der Waals surface area contributed by atoms with Gasteiger partial charge in [0.2, 0.25) is 0 Å². The molecule has 0 amide bonds. The molecule has 4 N–H and O–H groups in total. The maximum absolute atomic E-state index is 10.5. The zero-order valence-corrected chi connectivity index (χ0v) is 7.60. The number of fused-ring (bicyclic) bond motifs is 1. The highest BCUT2D eigenvalue weighted by molar-refractivity contribution is 7.20. The van der Waals surface area contributed by atoms with Crippen LogP contribution in [0.15, 0.2) is 18.2 Å². The quantitative estimate of drug-likeness (QED) is 0.535. The number of carbonyl (C=O) groups excluding carboxylic acids is 1. The van der Waals surface area contributed by atoms with Gasteiger partial charge in [-0.15, -0.1) is 11.3 Å². The third kappa shape index (κ3) is 1.15. The Balaban J connectivity index is 2.83. The van der Waals surface area contributed by atoms with Gasteiger partial charge in [-0.2, -0.15) is 0 Å². The number of anilines is 2. The minimum atomic E-state index is 0.557. The lowest BCUT2D eigenvalue weighted by Gasteiger charge is -1.99. The topological polar surface area (TPSA) is 69.1 Å². The SMILES string of the molecule is Nc1ccc2sc(C=O)cc2c1N. The summed E-state index contributed by atoms with van der Waals surface area (Å²) in [4.78, 5) is 11.2. The van der Waals surface area contributed by atoms with E-state index in [1.54, 1.807) is 12.1 Å². The minimum Gasteiger partial charge on any atom is -0.397 e. The van der Waals surface area contributed by atoms with Crippen molar-refractivity contribution in [1.29, 1.82) is 0 Å². The summed E-state index contributed by atoms with van der Waals surface area (Å²) in [5.41, 5.74) is 12.5. The van der Waals surface area contributed by atoms with Crippen molar-refractivity contribution < 1.29 is 4.79 Å². The van der Waals surface area contributed by atoms with Gasteiger partial charge >= 0.3 is 0 Å². The number of carbonyl (C=O) groups is 1. The Hall–Kier alpha value is -1.55. The predicted molar refractivity (Wildman–Crippen MR) is 56.0 cm³/mol. The van der Waals surface area contributed by atoms with E-state index in [1.807, 2.05) is 6.07 Å². The standard InChI is InChI=1S/C9H8N2OS/c10-7-1-2-8-6(9(7)11)3-5(4-12)13-8/h1-4H,10-11H2. The van der Waals surface area contributed by atoms with Crippen LogP contribution in [-0.2, 0) is 0 Å². The number of hydrogen-bond acceptors (Lipinski definition) is 4. The number of thiophene rings is 1. The third-order valence-corrected chi connectivity index (χ3v) is 2.94. The van der Waals surface area contributed by atoms with Crippen LogP contribution in [0.5, 0.6) is 0 Å². The Labute approximate surface area is 79.0 Å². The maximum Gasteiger partial charge on any atom is 0.160 e. The minimum absolute atomic E-state index is 0.557. The first-order valence-corrected chi connectivity index (χ1v) is 4.56. The van der Waals surface area contributed by atoms with E-state index >= 15 is 0 Å². The average molecular weight is 192 g/mol. The van der Waals surface area contributed by atoms with Crippen molar-refractivity contribution in [2.24, 2.45) is 0 Å². The summed E-state index contributed by atoms with van der Waals surface area (Å²) in [7, 11) is 0. The fourth-order valence-corrected chi connectivity index (χ4v) is 2.12. The summed E-state index contributed by atoms with van der Waals surface area (Å²) in [6, 6.07) is 5.39. The monoisotopic (exact) mass is 192 g/mol. The van der Waals surface area contributed by atoms with E-state index in [0.29, 0.717) is 16.3 Å². The van der Waals surface area contributed by atoms with Crippen LogP contribution in [0.3, 0.4) is 0 Å². The second kappa shape index (κ2) is 2.74. The second-order valence-electron chi connectivity index (χ2n) is 2.75. The zero-order chi connectivity index (χ0) is 9.42. The molecular formula is C9H8N2OS. The van der Waals surface area contributed by atoms with E-state index in [-0.39, 0.29) is 0 Å². The van der Waals surface area contributed by atoms with Gasteiger partial charge in [0, 0.05) is 10.1 Å². The van der Waals surface area contributed by atoms with Crippen LogP contribution in [-0.4, -0.2) is 6.29 Å². The van der Waals surface area contributed by atoms with E-state index in [1.165, 1.54) is 11.3 Å². The fourth-order valence-electron chi connectivity index (χ4n) is 1.23. The Morgan fingerprint density at radius 3 is 2.77 bits per heavy atom. The first-order valence-electron chi connectivity index (χ1n) is 3.75. The molecule has 1 heterocycles. The third-order valence-electron chi connectivity index (χ3n) is 1.91. The van der Waals surface area contributed by atoms with Crippen molar-refractivity contribution in [1.82, 2.24) is 0 Å². The predicted octanol–water partition coefficient (Wildman–Crippen LogP) is 1.88. The lowest BCUT2D eigenvalue weighted by atomic mass is 10.2. The van der Waals surface area contributed by atoms with Gasteiger partial charge in [0.25, 0.3) is 0 Å². The van der Waals surface area contributed by atoms with Crippen LogP contribution in [0.2, 0.25) is 0 Å². The molecule has 3 nitrogen and oxygen atoms in total. The van der Waals surface area contributed by atoms with Gasteiger partial charge in [0.15, 0.2) is 6.29 Å². The van der Waals surface area contributed by atoms with E-state index in [2.05, 4.69) is 0 Å². The van der Waals surface area contributed by atoms with E-state index in [9.17, 15) is 4.79 Å². The summed E-state index contributed by atoms with van der Waals surface area (Å²) in [6.45, 7) is 0. The molecule has 66 valence electrons. The molecule has 0 atom stereocenters. The van der Waals surface area contributed by atoms with Gasteiger partial charge in [-0.05, 0) is 18.2 Å². The van der Waals surface area contributed by atoms with Crippen molar-refractivity contribution >= 4 is 39.1 Å². The molecule has 0 aliphatic rings. The van der Waals surface area contributed by atoms with Crippen LogP contribution in [0.25, 0.3) is 10.1 Å². The van der Waals surface area contributed by atoms with Crippen LogP contribution < -0.4 is 11.5 Å². The summed E-state index contributed by atoms with van der Waals surface area (Å²) >= 11 is 1.42. The van der Waals surface area contributed by atoms with Crippen molar-refractivity contribution in [3.05, 3.63) is 23.1 Å². The van der Waals surface area contributed by atoms with Gasteiger partial charge in [-0.1, -0.05) is 0 Å². The zero-order valence-electron chi connectivity index (χ0n) is 6.78. The van der Waals surface area contributed by atoms with Crippen molar-refractivity contribution in [2.45, 2.75) is 0 Å². The highest BCUT2D eigenvalue weighted by atomic mass is 32.1. The summed E-state index contributed by atoms with van der Waals surface area (Å²) in [5, 5.41) is 0.868. The first-order chi connectivity index (χ1) is 6.22. The molecule has 1 aromatic carbocycles. The molecule has 2 aromatic rings. The molecule has 0 fully saturated rings. The lowest BCUT2D eigenvalue weighted by molar-refractivity contribution is 0.112. The molecular weight excluding hydrogens is 184 g/mol. The average Bonchev–Trinajstić information content (AvgIpc) is 2.55. The van der Waals surface area contributed by atoms with Crippen LogP contribution in [0.1, 0.15) is 9.67 Å². The summed E-state index contributed by atoms with van der Waals surface area (Å²) in [5.74, 6) is 0. The lowest BCUT2D eigenvalue weighted by Crippen LogP contribution is -1.93. The molecule has 0 radical (unpaired) electrons. The normalized spacial score (nSPS) is 10.5. The molecule has 0 saturated carbocycles. The highest BCUT2D eigenvalue weighted by Crippen LogP contribution is 2.32. The Kier molecular flexibility index (Phi) is 1.70. The smallest absolute Gasteiger partial charge is 0.160 e. The molecule has 0 aliphatic carbocycles. The number of nitrogens with two attached hydrogens (primary N) is 2. The molecule has 2 rings (SSSR count). The summed E-state index contributed by atoms with van der Waals surface area (Å²) in [6.07, 6.45) is 0.820. The van der Waals surface area contributed by atoms with Crippen molar-refractivity contribution in [3.63, 3.8) is 0 Å². The Bertz CT molecular complexity index is 476. The van der Waals surface area contributed by atoms with Crippen molar-refractivity contribution in [2.75, 3.05) is 11.5 Å². The van der Waals surface area contributed by atoms with Gasteiger partial charge in [-0.3, -0.25) is 4.79 Å². The number of hydrogen-bond donors (Lipinski definition) is 2.